The molecule has 0 aromatic carbocycles. The molecular weight excluding hydrogens is 260 g/mol. The first-order valence-electron chi connectivity index (χ1n) is 6.69. The molecule has 4 nitrogen and oxygen atoms in total. The Kier molecular flexibility index (Phi) is 5.10. The summed E-state index contributed by atoms with van der Waals surface area (Å²) < 4.78 is 0. The van der Waals surface area contributed by atoms with Crippen LogP contribution in [0.15, 0.2) is 17.5 Å². The average molecular weight is 280 g/mol. The number of rotatable bonds is 5. The van der Waals surface area contributed by atoms with Crippen molar-refractivity contribution in [3.63, 3.8) is 0 Å². The third-order valence-corrected chi connectivity index (χ3v) is 4.50. The SMILES string of the molecule is CC(NC(=O)CN1CCCC(C=O)C1)c1cccs1. The lowest BCUT2D eigenvalue weighted by Gasteiger charge is -2.29. The van der Waals surface area contributed by atoms with Gasteiger partial charge in [-0.3, -0.25) is 9.69 Å². The van der Waals surface area contributed by atoms with Crippen LogP contribution in [0.4, 0.5) is 0 Å². The van der Waals surface area contributed by atoms with Crippen molar-refractivity contribution in [3.8, 4) is 0 Å². The van der Waals surface area contributed by atoms with Crippen molar-refractivity contribution in [3.05, 3.63) is 22.4 Å². The van der Waals surface area contributed by atoms with Crippen LogP contribution in [0.25, 0.3) is 0 Å². The van der Waals surface area contributed by atoms with Crippen LogP contribution in [0.5, 0.6) is 0 Å². The summed E-state index contributed by atoms with van der Waals surface area (Å²) in [6.07, 6.45) is 2.96. The van der Waals surface area contributed by atoms with Crippen molar-refractivity contribution < 1.29 is 9.59 Å². The number of likely N-dealkylation sites (tertiary alicyclic amines) is 1. The fourth-order valence-corrected chi connectivity index (χ4v) is 3.18. The third kappa shape index (κ3) is 4.14. The second kappa shape index (κ2) is 6.82. The lowest BCUT2D eigenvalue weighted by atomic mass is 10.00. The molecule has 1 N–H and O–H groups in total. The normalized spacial score (nSPS) is 21.8. The topological polar surface area (TPSA) is 49.4 Å². The predicted molar refractivity (Wildman–Crippen MR) is 76.1 cm³/mol. The monoisotopic (exact) mass is 280 g/mol. The first-order chi connectivity index (χ1) is 9.19. The maximum atomic E-state index is 12.0. The minimum Gasteiger partial charge on any atom is -0.348 e. The Labute approximate surface area is 117 Å². The number of piperidine rings is 1. The van der Waals surface area contributed by atoms with Gasteiger partial charge < -0.3 is 10.1 Å². The van der Waals surface area contributed by atoms with Crippen molar-refractivity contribution in [1.82, 2.24) is 10.2 Å². The number of aldehydes is 1. The van der Waals surface area contributed by atoms with E-state index in [4.69, 9.17) is 0 Å². The first kappa shape index (κ1) is 14.2. The van der Waals surface area contributed by atoms with Gasteiger partial charge in [0.05, 0.1) is 12.6 Å². The quantitative estimate of drug-likeness (QED) is 0.837. The summed E-state index contributed by atoms with van der Waals surface area (Å²) >= 11 is 1.65. The van der Waals surface area contributed by atoms with Gasteiger partial charge in [0.1, 0.15) is 6.29 Å². The van der Waals surface area contributed by atoms with E-state index in [1.807, 2.05) is 24.4 Å². The Morgan fingerprint density at radius 1 is 1.68 bits per heavy atom. The Morgan fingerprint density at radius 2 is 2.53 bits per heavy atom. The lowest BCUT2D eigenvalue weighted by Crippen LogP contribution is -2.43. The Bertz CT molecular complexity index is 419. The molecule has 2 heterocycles. The molecule has 5 heteroatoms. The molecule has 2 unspecified atom stereocenters. The number of thiophene rings is 1. The molecule has 2 rings (SSSR count). The summed E-state index contributed by atoms with van der Waals surface area (Å²) in [5.74, 6) is 0.128. The first-order valence-corrected chi connectivity index (χ1v) is 7.57. The van der Waals surface area contributed by atoms with Crippen LogP contribution in [0.2, 0.25) is 0 Å². The van der Waals surface area contributed by atoms with E-state index in [1.54, 1.807) is 11.3 Å². The predicted octanol–water partition coefficient (Wildman–Crippen LogP) is 1.84. The number of carbonyl (C=O) groups excluding carboxylic acids is 2. The molecular formula is C14H20N2O2S. The van der Waals surface area contributed by atoms with Crippen molar-refractivity contribution in [1.29, 1.82) is 0 Å². The second-order valence-corrected chi connectivity index (χ2v) is 6.06. The van der Waals surface area contributed by atoms with Gasteiger partial charge in [-0.05, 0) is 37.8 Å². The van der Waals surface area contributed by atoms with Crippen LogP contribution in [0.1, 0.15) is 30.7 Å². The van der Waals surface area contributed by atoms with Crippen LogP contribution in [0.3, 0.4) is 0 Å². The number of amides is 1. The highest BCUT2D eigenvalue weighted by molar-refractivity contribution is 7.10. The zero-order chi connectivity index (χ0) is 13.7. The van der Waals surface area contributed by atoms with Crippen LogP contribution in [-0.4, -0.2) is 36.7 Å². The molecule has 1 fully saturated rings. The summed E-state index contributed by atoms with van der Waals surface area (Å²) in [7, 11) is 0. The summed E-state index contributed by atoms with van der Waals surface area (Å²) in [4.78, 5) is 26.0. The zero-order valence-corrected chi connectivity index (χ0v) is 12.0. The minimum absolute atomic E-state index is 0.0347. The van der Waals surface area contributed by atoms with Gasteiger partial charge >= 0.3 is 0 Å². The molecule has 0 radical (unpaired) electrons. The zero-order valence-electron chi connectivity index (χ0n) is 11.2. The highest BCUT2D eigenvalue weighted by Crippen LogP contribution is 2.18. The smallest absolute Gasteiger partial charge is 0.234 e. The number of hydrogen-bond acceptors (Lipinski definition) is 4. The van der Waals surface area contributed by atoms with E-state index in [-0.39, 0.29) is 17.9 Å². The highest BCUT2D eigenvalue weighted by atomic mass is 32.1. The van der Waals surface area contributed by atoms with Gasteiger partial charge in [0, 0.05) is 17.3 Å². The van der Waals surface area contributed by atoms with Crippen molar-refractivity contribution in [2.45, 2.75) is 25.8 Å². The van der Waals surface area contributed by atoms with Gasteiger partial charge in [-0.2, -0.15) is 0 Å². The van der Waals surface area contributed by atoms with E-state index in [1.165, 1.54) is 0 Å². The second-order valence-electron chi connectivity index (χ2n) is 5.08. The fraction of sp³-hybridized carbons (Fsp3) is 0.571. The molecule has 19 heavy (non-hydrogen) atoms. The maximum Gasteiger partial charge on any atom is 0.234 e. The van der Waals surface area contributed by atoms with Crippen LogP contribution < -0.4 is 5.32 Å². The van der Waals surface area contributed by atoms with Gasteiger partial charge in [-0.15, -0.1) is 11.3 Å². The van der Waals surface area contributed by atoms with E-state index < -0.39 is 0 Å². The molecule has 0 bridgehead atoms. The molecule has 0 saturated carbocycles. The molecule has 1 saturated heterocycles. The third-order valence-electron chi connectivity index (χ3n) is 3.45. The summed E-state index contributed by atoms with van der Waals surface area (Å²) in [5.41, 5.74) is 0. The Hall–Kier alpha value is -1.20. The summed E-state index contributed by atoms with van der Waals surface area (Å²) in [5, 5.41) is 5.02. The molecule has 1 aromatic rings. The van der Waals surface area contributed by atoms with E-state index in [2.05, 4.69) is 10.2 Å². The largest absolute Gasteiger partial charge is 0.348 e. The molecule has 0 spiro atoms. The van der Waals surface area contributed by atoms with E-state index in [9.17, 15) is 9.59 Å². The van der Waals surface area contributed by atoms with E-state index in [0.717, 1.165) is 30.5 Å². The highest BCUT2D eigenvalue weighted by Gasteiger charge is 2.21. The minimum atomic E-state index is 0.0347. The van der Waals surface area contributed by atoms with Gasteiger partial charge in [0.25, 0.3) is 0 Å². The number of nitrogens with one attached hydrogen (secondary N) is 1. The van der Waals surface area contributed by atoms with Crippen molar-refractivity contribution >= 4 is 23.5 Å². The number of carbonyl (C=O) groups is 2. The Balaban J connectivity index is 1.79. The molecule has 2 atom stereocenters. The van der Waals surface area contributed by atoms with Gasteiger partial charge in [0.2, 0.25) is 5.91 Å². The van der Waals surface area contributed by atoms with Gasteiger partial charge in [0.15, 0.2) is 0 Å². The summed E-state index contributed by atoms with van der Waals surface area (Å²) in [6, 6.07) is 4.07. The van der Waals surface area contributed by atoms with Crippen LogP contribution >= 0.6 is 11.3 Å². The molecule has 1 aliphatic heterocycles. The molecule has 1 amide bonds. The van der Waals surface area contributed by atoms with Crippen LogP contribution in [-0.2, 0) is 9.59 Å². The number of nitrogens with zero attached hydrogens (tertiary/aromatic N) is 1. The molecule has 1 aliphatic rings. The lowest BCUT2D eigenvalue weighted by molar-refractivity contribution is -0.124. The van der Waals surface area contributed by atoms with Gasteiger partial charge in [-0.1, -0.05) is 6.07 Å². The standard InChI is InChI=1S/C14H20N2O2S/c1-11(13-5-3-7-19-13)15-14(18)9-16-6-2-4-12(8-16)10-17/h3,5,7,10-12H,2,4,6,8-9H2,1H3,(H,15,18). The number of hydrogen-bond donors (Lipinski definition) is 1. The molecule has 0 aliphatic carbocycles. The van der Waals surface area contributed by atoms with Crippen molar-refractivity contribution in [2.24, 2.45) is 5.92 Å². The van der Waals surface area contributed by atoms with E-state index >= 15 is 0 Å². The van der Waals surface area contributed by atoms with Crippen molar-refractivity contribution in [2.75, 3.05) is 19.6 Å². The van der Waals surface area contributed by atoms with Gasteiger partial charge in [-0.25, -0.2) is 0 Å². The fourth-order valence-electron chi connectivity index (χ4n) is 2.44. The van der Waals surface area contributed by atoms with Crippen LogP contribution in [0, 0.1) is 5.92 Å². The Morgan fingerprint density at radius 3 is 3.21 bits per heavy atom. The maximum absolute atomic E-state index is 12.0. The average Bonchev–Trinajstić information content (AvgIpc) is 2.92. The molecule has 104 valence electrons. The molecule has 1 aromatic heterocycles. The summed E-state index contributed by atoms with van der Waals surface area (Å²) in [6.45, 7) is 4.00. The van der Waals surface area contributed by atoms with E-state index in [0.29, 0.717) is 13.1 Å².